The molecule has 0 unspecified atom stereocenters. The molecule has 4 nitrogen and oxygen atoms in total. The van der Waals surface area contributed by atoms with E-state index < -0.39 is 6.09 Å². The van der Waals surface area contributed by atoms with Crippen LogP contribution in [0.2, 0.25) is 0 Å². The van der Waals surface area contributed by atoms with Gasteiger partial charge in [0.25, 0.3) is 0 Å². The lowest BCUT2D eigenvalue weighted by Crippen LogP contribution is -2.26. The number of alkyl carbamates (subject to hydrolysis) is 1. The monoisotopic (exact) mass is 406 g/mol. The van der Waals surface area contributed by atoms with Gasteiger partial charge in [0.15, 0.2) is 0 Å². The summed E-state index contributed by atoms with van der Waals surface area (Å²) in [6, 6.07) is 26.6. The fraction of sp³-hybridized carbons (Fsp3) is 0.111. The van der Waals surface area contributed by atoms with E-state index in [1.807, 2.05) is 66.7 Å². The van der Waals surface area contributed by atoms with Gasteiger partial charge in [-0.05, 0) is 39.9 Å². The molecule has 0 saturated carbocycles. The molecule has 5 rings (SSSR count). The molecule has 4 heteroatoms. The number of ether oxygens (including phenoxy) is 1. The molecule has 4 aromatic rings. The molecule has 3 aromatic carbocycles. The van der Waals surface area contributed by atoms with Gasteiger partial charge in [0.2, 0.25) is 0 Å². The molecule has 1 N–H and O–H groups in total. The van der Waals surface area contributed by atoms with E-state index >= 15 is 0 Å². The molecule has 1 aliphatic carbocycles. The fourth-order valence-corrected chi connectivity index (χ4v) is 4.24. The van der Waals surface area contributed by atoms with Gasteiger partial charge in [0, 0.05) is 24.0 Å². The Kier molecular flexibility index (Phi) is 5.19. The molecule has 152 valence electrons. The first-order valence-corrected chi connectivity index (χ1v) is 10.4. The van der Waals surface area contributed by atoms with Crippen LogP contribution in [-0.4, -0.2) is 24.2 Å². The number of rotatable bonds is 5. The standard InChI is InChI=1S/C27H22N2O2/c30-27(29-16-7-8-19-15-17-28-26-14-6-5-9-20(19)26)31-18-25-23-12-3-1-10-21(23)22-11-2-4-13-24(22)25/h1-15,17,25H,16,18H2,(H,29,30). The summed E-state index contributed by atoms with van der Waals surface area (Å²) in [5.41, 5.74) is 6.88. The van der Waals surface area contributed by atoms with Crippen LogP contribution in [0.3, 0.4) is 0 Å². The third-order valence-corrected chi connectivity index (χ3v) is 5.69. The van der Waals surface area contributed by atoms with Crippen LogP contribution in [-0.2, 0) is 4.74 Å². The lowest BCUT2D eigenvalue weighted by molar-refractivity contribution is 0.144. The molecule has 1 aliphatic rings. The Morgan fingerprint density at radius 3 is 2.35 bits per heavy atom. The van der Waals surface area contributed by atoms with Gasteiger partial charge in [-0.2, -0.15) is 0 Å². The van der Waals surface area contributed by atoms with Crippen molar-refractivity contribution in [3.05, 3.63) is 108 Å². The van der Waals surface area contributed by atoms with Crippen LogP contribution < -0.4 is 5.32 Å². The second-order valence-electron chi connectivity index (χ2n) is 7.53. The van der Waals surface area contributed by atoms with E-state index in [0.717, 1.165) is 16.5 Å². The van der Waals surface area contributed by atoms with Crippen LogP contribution in [0.15, 0.2) is 91.1 Å². The van der Waals surface area contributed by atoms with Crippen molar-refractivity contribution in [1.29, 1.82) is 0 Å². The Labute approximate surface area is 181 Å². The molecule has 1 amide bonds. The van der Waals surface area contributed by atoms with Crippen molar-refractivity contribution in [1.82, 2.24) is 10.3 Å². The highest BCUT2D eigenvalue weighted by atomic mass is 16.5. The van der Waals surface area contributed by atoms with Gasteiger partial charge in [-0.15, -0.1) is 0 Å². The van der Waals surface area contributed by atoms with E-state index in [-0.39, 0.29) is 5.92 Å². The molecule has 0 aliphatic heterocycles. The van der Waals surface area contributed by atoms with Crippen LogP contribution in [0.4, 0.5) is 4.79 Å². The van der Waals surface area contributed by atoms with Crippen LogP contribution in [0.5, 0.6) is 0 Å². The summed E-state index contributed by atoms with van der Waals surface area (Å²) >= 11 is 0. The minimum atomic E-state index is -0.411. The summed E-state index contributed by atoms with van der Waals surface area (Å²) in [6.07, 6.45) is 5.30. The van der Waals surface area contributed by atoms with Crippen molar-refractivity contribution in [2.24, 2.45) is 0 Å². The van der Waals surface area contributed by atoms with Crippen molar-refractivity contribution in [3.8, 4) is 11.1 Å². The van der Waals surface area contributed by atoms with Gasteiger partial charge in [-0.1, -0.05) is 78.9 Å². The maximum Gasteiger partial charge on any atom is 0.407 e. The van der Waals surface area contributed by atoms with Gasteiger partial charge in [-0.25, -0.2) is 4.79 Å². The first kappa shape index (κ1) is 19.1. The number of pyridine rings is 1. The molecule has 1 heterocycles. The first-order chi connectivity index (χ1) is 15.3. The summed E-state index contributed by atoms with van der Waals surface area (Å²) in [5, 5.41) is 3.89. The van der Waals surface area contributed by atoms with E-state index in [1.165, 1.54) is 22.3 Å². The topological polar surface area (TPSA) is 51.2 Å². The van der Waals surface area contributed by atoms with Crippen molar-refractivity contribution < 1.29 is 9.53 Å². The summed E-state index contributed by atoms with van der Waals surface area (Å²) in [6.45, 7) is 0.714. The molecule has 0 spiro atoms. The van der Waals surface area contributed by atoms with Crippen LogP contribution in [0.1, 0.15) is 22.6 Å². The average Bonchev–Trinajstić information content (AvgIpc) is 3.14. The third-order valence-electron chi connectivity index (χ3n) is 5.69. The highest BCUT2D eigenvalue weighted by Crippen LogP contribution is 2.44. The Morgan fingerprint density at radius 1 is 0.903 bits per heavy atom. The molecule has 0 fully saturated rings. The second-order valence-corrected chi connectivity index (χ2v) is 7.53. The molecule has 0 saturated heterocycles. The largest absolute Gasteiger partial charge is 0.449 e. The zero-order chi connectivity index (χ0) is 21.0. The number of aromatic nitrogens is 1. The molecular formula is C27H22N2O2. The first-order valence-electron chi connectivity index (χ1n) is 10.4. The maximum absolute atomic E-state index is 12.3. The second kappa shape index (κ2) is 8.44. The number of hydrogen-bond acceptors (Lipinski definition) is 3. The van der Waals surface area contributed by atoms with Gasteiger partial charge in [0.1, 0.15) is 6.61 Å². The number of nitrogens with one attached hydrogen (secondary N) is 1. The van der Waals surface area contributed by atoms with E-state index in [4.69, 9.17) is 4.74 Å². The SMILES string of the molecule is O=C(NCC=Cc1ccnc2ccccc12)OCC1c2ccccc2-c2ccccc21. The van der Waals surface area contributed by atoms with Gasteiger partial charge >= 0.3 is 6.09 Å². The quantitative estimate of drug-likeness (QED) is 0.457. The van der Waals surface area contributed by atoms with E-state index in [9.17, 15) is 4.79 Å². The van der Waals surface area contributed by atoms with Gasteiger partial charge in [-0.3, -0.25) is 4.98 Å². The van der Waals surface area contributed by atoms with Crippen molar-refractivity contribution in [2.45, 2.75) is 5.92 Å². The minimum absolute atomic E-state index is 0.0666. The number of hydrogen-bond donors (Lipinski definition) is 1. The summed E-state index contributed by atoms with van der Waals surface area (Å²) < 4.78 is 5.57. The van der Waals surface area contributed by atoms with Crippen molar-refractivity contribution >= 4 is 23.1 Å². The maximum atomic E-state index is 12.3. The Hall–Kier alpha value is -3.92. The number of benzene rings is 3. The average molecular weight is 406 g/mol. The zero-order valence-electron chi connectivity index (χ0n) is 17.0. The Balaban J connectivity index is 1.20. The van der Waals surface area contributed by atoms with E-state index in [2.05, 4.69) is 34.6 Å². The van der Waals surface area contributed by atoms with Crippen LogP contribution in [0, 0.1) is 0 Å². The Morgan fingerprint density at radius 2 is 1.58 bits per heavy atom. The summed E-state index contributed by atoms with van der Waals surface area (Å²) in [4.78, 5) is 16.6. The Bertz CT molecular complexity index is 1230. The van der Waals surface area contributed by atoms with E-state index in [1.54, 1.807) is 6.20 Å². The predicted molar refractivity (Wildman–Crippen MR) is 124 cm³/mol. The van der Waals surface area contributed by atoms with Crippen molar-refractivity contribution in [3.63, 3.8) is 0 Å². The lowest BCUT2D eigenvalue weighted by atomic mass is 9.98. The van der Waals surface area contributed by atoms with Gasteiger partial charge in [0.05, 0.1) is 5.52 Å². The minimum Gasteiger partial charge on any atom is -0.449 e. The highest BCUT2D eigenvalue weighted by Gasteiger charge is 2.28. The van der Waals surface area contributed by atoms with E-state index in [0.29, 0.717) is 13.2 Å². The van der Waals surface area contributed by atoms with Crippen molar-refractivity contribution in [2.75, 3.05) is 13.2 Å². The van der Waals surface area contributed by atoms with Gasteiger partial charge < -0.3 is 10.1 Å². The van der Waals surface area contributed by atoms with Crippen LogP contribution >= 0.6 is 0 Å². The number of nitrogens with zero attached hydrogens (tertiary/aromatic N) is 1. The number of fused-ring (bicyclic) bond motifs is 4. The fourth-order valence-electron chi connectivity index (χ4n) is 4.24. The highest BCUT2D eigenvalue weighted by molar-refractivity contribution is 5.87. The molecule has 0 atom stereocenters. The summed E-state index contributed by atoms with van der Waals surface area (Å²) in [5.74, 6) is 0.0666. The number of amides is 1. The smallest absolute Gasteiger partial charge is 0.407 e. The molecular weight excluding hydrogens is 384 g/mol. The number of carbonyl (C=O) groups is 1. The van der Waals surface area contributed by atoms with Crippen LogP contribution in [0.25, 0.3) is 28.1 Å². The normalized spacial score (nSPS) is 12.6. The zero-order valence-corrected chi connectivity index (χ0v) is 17.0. The predicted octanol–water partition coefficient (Wildman–Crippen LogP) is 5.79. The summed E-state index contributed by atoms with van der Waals surface area (Å²) in [7, 11) is 0. The number of para-hydroxylation sites is 1. The lowest BCUT2D eigenvalue weighted by Gasteiger charge is -2.14. The number of carbonyl (C=O) groups excluding carboxylic acids is 1. The molecule has 0 radical (unpaired) electrons. The molecule has 31 heavy (non-hydrogen) atoms. The molecule has 0 bridgehead atoms. The molecule has 1 aromatic heterocycles. The third kappa shape index (κ3) is 3.80.